The molecule has 0 aromatic carbocycles. The summed E-state index contributed by atoms with van der Waals surface area (Å²) in [5.41, 5.74) is 0. The van der Waals surface area contributed by atoms with Crippen LogP contribution in [0.15, 0.2) is 60.8 Å². The summed E-state index contributed by atoms with van der Waals surface area (Å²) >= 11 is 0. The van der Waals surface area contributed by atoms with Crippen LogP contribution in [0, 0.1) is 0 Å². The monoisotopic (exact) mass is 1240 g/mol. The zero-order valence-corrected chi connectivity index (χ0v) is 59.1. The van der Waals surface area contributed by atoms with Gasteiger partial charge in [0.2, 0.25) is 0 Å². The summed E-state index contributed by atoms with van der Waals surface area (Å²) in [7, 11) is 1.18. The van der Waals surface area contributed by atoms with E-state index >= 15 is 0 Å². The van der Waals surface area contributed by atoms with Gasteiger partial charge in [0.25, 0.3) is 7.82 Å². The lowest BCUT2D eigenvalue weighted by molar-refractivity contribution is -0.870. The largest absolute Gasteiger partial charge is 0.756 e. The zero-order chi connectivity index (χ0) is 63.4. The minimum atomic E-state index is -4.64. The number of quaternary nitrogens is 1. The van der Waals surface area contributed by atoms with Crippen LogP contribution in [0.4, 0.5) is 0 Å². The van der Waals surface area contributed by atoms with Crippen LogP contribution in [0.5, 0.6) is 0 Å². The first-order valence-corrected chi connectivity index (χ1v) is 39.0. The maximum absolute atomic E-state index is 12.9. The number of carbonyl (C=O) groups excluding carboxylic acids is 2. The minimum absolute atomic E-state index is 0.0296. The number of hydrogen-bond acceptors (Lipinski definition) is 8. The number of ether oxygens (including phenoxy) is 2. The van der Waals surface area contributed by atoms with E-state index in [4.69, 9.17) is 18.5 Å². The predicted molar refractivity (Wildman–Crippen MR) is 374 cm³/mol. The molecular weight excluding hydrogens is 1100 g/mol. The molecule has 0 aliphatic heterocycles. The molecule has 87 heavy (non-hydrogen) atoms. The number of phosphoric acid groups is 1. The first kappa shape index (κ1) is 84.7. The Labute approximate surface area is 540 Å². The number of unbranched alkanes of at least 4 members (excludes halogenated alkanes) is 46. The highest BCUT2D eigenvalue weighted by Crippen LogP contribution is 2.38. The minimum Gasteiger partial charge on any atom is -0.756 e. The fourth-order valence-corrected chi connectivity index (χ4v) is 11.8. The van der Waals surface area contributed by atoms with Crippen LogP contribution in [-0.2, 0) is 32.7 Å². The third-order valence-corrected chi connectivity index (χ3v) is 17.8. The van der Waals surface area contributed by atoms with Crippen molar-refractivity contribution in [1.82, 2.24) is 0 Å². The van der Waals surface area contributed by atoms with Gasteiger partial charge in [-0.2, -0.15) is 0 Å². The van der Waals surface area contributed by atoms with Gasteiger partial charge < -0.3 is 27.9 Å². The van der Waals surface area contributed by atoms with Crippen molar-refractivity contribution in [2.45, 2.75) is 373 Å². The molecule has 0 N–H and O–H groups in total. The van der Waals surface area contributed by atoms with Gasteiger partial charge in [0.1, 0.15) is 19.8 Å². The summed E-state index contributed by atoms with van der Waals surface area (Å²) in [6.07, 6.45) is 90.4. The fourth-order valence-electron chi connectivity index (χ4n) is 11.1. The van der Waals surface area contributed by atoms with E-state index in [0.29, 0.717) is 17.4 Å². The lowest BCUT2D eigenvalue weighted by Crippen LogP contribution is -2.37. The molecule has 9 nitrogen and oxygen atoms in total. The Bertz CT molecular complexity index is 1650. The van der Waals surface area contributed by atoms with E-state index in [9.17, 15) is 19.0 Å². The summed E-state index contributed by atoms with van der Waals surface area (Å²) in [6, 6.07) is 0. The van der Waals surface area contributed by atoms with Crippen LogP contribution in [-0.4, -0.2) is 70.0 Å². The Morgan fingerprint density at radius 1 is 0.368 bits per heavy atom. The Kier molecular flexibility index (Phi) is 66.3. The van der Waals surface area contributed by atoms with Crippen LogP contribution >= 0.6 is 7.82 Å². The molecule has 0 saturated carbocycles. The molecule has 0 aliphatic carbocycles. The van der Waals surface area contributed by atoms with Crippen molar-refractivity contribution in [3.05, 3.63) is 60.8 Å². The molecule has 0 aromatic rings. The van der Waals surface area contributed by atoms with Crippen molar-refractivity contribution in [3.63, 3.8) is 0 Å². The van der Waals surface area contributed by atoms with E-state index in [1.807, 2.05) is 21.1 Å². The van der Waals surface area contributed by atoms with E-state index in [0.717, 1.165) is 70.6 Å². The van der Waals surface area contributed by atoms with Crippen molar-refractivity contribution in [2.75, 3.05) is 47.5 Å². The van der Waals surface area contributed by atoms with Crippen LogP contribution in [0.2, 0.25) is 0 Å². The average Bonchev–Trinajstić information content (AvgIpc) is 3.62. The molecule has 0 aromatic heterocycles. The first-order chi connectivity index (χ1) is 42.5. The summed E-state index contributed by atoms with van der Waals surface area (Å²) in [4.78, 5) is 38.1. The SMILES string of the molecule is CC/C=C\C/C=C\C/C=C\C/C=C\C/C=C\CCCCCCCCCCCCCCCCCC(=O)OC(COC(=O)CCCCCCCCCCCCCCCCCCCCCCCCCCCCCCCCCC)COP(=O)([O-])OCC[N+](C)(C)C. The molecular formula is C77H144NO8P. The second kappa shape index (κ2) is 68.1. The topological polar surface area (TPSA) is 111 Å². The number of likely N-dealkylation sites (N-methyl/N-ethyl adjacent to an activating group) is 1. The second-order valence-corrected chi connectivity index (χ2v) is 28.1. The molecule has 0 heterocycles. The molecule has 0 rings (SSSR count). The number of carbonyl (C=O) groups is 2. The highest BCUT2D eigenvalue weighted by Gasteiger charge is 2.22. The maximum Gasteiger partial charge on any atom is 0.306 e. The van der Waals surface area contributed by atoms with Crippen molar-refractivity contribution in [1.29, 1.82) is 0 Å². The van der Waals surface area contributed by atoms with E-state index < -0.39 is 26.5 Å². The van der Waals surface area contributed by atoms with Crippen molar-refractivity contribution >= 4 is 19.8 Å². The van der Waals surface area contributed by atoms with Gasteiger partial charge >= 0.3 is 11.9 Å². The summed E-state index contributed by atoms with van der Waals surface area (Å²) in [5, 5.41) is 0. The molecule has 510 valence electrons. The Morgan fingerprint density at radius 3 is 0.977 bits per heavy atom. The average molecular weight is 1240 g/mol. The van der Waals surface area contributed by atoms with Crippen molar-refractivity contribution in [2.24, 2.45) is 0 Å². The quantitative estimate of drug-likeness (QED) is 0.0195. The molecule has 0 amide bonds. The first-order valence-electron chi connectivity index (χ1n) is 37.5. The number of hydrogen-bond donors (Lipinski definition) is 0. The third kappa shape index (κ3) is 72.6. The molecule has 0 bridgehead atoms. The van der Waals surface area contributed by atoms with Crippen LogP contribution in [0.3, 0.4) is 0 Å². The molecule has 10 heteroatoms. The van der Waals surface area contributed by atoms with E-state index in [-0.39, 0.29) is 32.0 Å². The van der Waals surface area contributed by atoms with Gasteiger partial charge in [0, 0.05) is 12.8 Å². The van der Waals surface area contributed by atoms with E-state index in [1.165, 1.54) is 263 Å². The van der Waals surface area contributed by atoms with E-state index in [1.54, 1.807) is 0 Å². The van der Waals surface area contributed by atoms with Crippen LogP contribution in [0.25, 0.3) is 0 Å². The Morgan fingerprint density at radius 2 is 0.655 bits per heavy atom. The molecule has 0 saturated heterocycles. The smallest absolute Gasteiger partial charge is 0.306 e. The summed E-state index contributed by atoms with van der Waals surface area (Å²) in [5.74, 6) is -0.815. The molecule has 0 aliphatic rings. The maximum atomic E-state index is 12.9. The predicted octanol–water partition coefficient (Wildman–Crippen LogP) is 23.9. The Hall–Kier alpha value is -2.29. The van der Waals surface area contributed by atoms with Gasteiger partial charge in [-0.15, -0.1) is 0 Å². The normalized spacial score (nSPS) is 13.4. The molecule has 0 spiro atoms. The number of nitrogens with zero attached hydrogens (tertiary/aromatic N) is 1. The van der Waals surface area contributed by atoms with Gasteiger partial charge in [0.05, 0.1) is 27.7 Å². The number of phosphoric ester groups is 1. The number of allylic oxidation sites excluding steroid dienone is 10. The summed E-state index contributed by atoms with van der Waals surface area (Å²) < 4.78 is 34.4. The van der Waals surface area contributed by atoms with E-state index in [2.05, 4.69) is 74.6 Å². The standard InChI is InChI=1S/C77H144NO8P/c1-6-8-10-12-14-16-18-20-22-24-26-28-30-32-34-36-38-40-41-43-45-47-49-51-53-55-57-59-61-63-65-67-69-76(79)83-73-75(74-85-87(81,82)84-72-71-78(3,4)5)86-77(80)70-68-66-64-62-60-58-56-54-52-50-48-46-44-42-39-37-35-33-31-29-27-25-23-21-19-17-15-13-11-9-7-2/h9,11,15,17,21,23,27,29,33,35,75H,6-8,10,12-14,16,18-20,22,24-26,28,30-32,34,36-74H2,1-5H3/b11-9-,17-15-,23-21-,29-27-,35-33-. The van der Waals surface area contributed by atoms with Crippen LogP contribution < -0.4 is 4.89 Å². The fraction of sp³-hybridized carbons (Fsp3) is 0.844. The number of esters is 2. The van der Waals surface area contributed by atoms with Crippen LogP contribution in [0.1, 0.15) is 367 Å². The molecule has 0 fully saturated rings. The van der Waals surface area contributed by atoms with Gasteiger partial charge in [-0.05, 0) is 57.8 Å². The molecule has 2 unspecified atom stereocenters. The van der Waals surface area contributed by atoms with Gasteiger partial charge in [-0.3, -0.25) is 14.2 Å². The van der Waals surface area contributed by atoms with Gasteiger partial charge in [0.15, 0.2) is 6.10 Å². The van der Waals surface area contributed by atoms with Crippen molar-refractivity contribution < 1.29 is 42.1 Å². The highest BCUT2D eigenvalue weighted by atomic mass is 31.2. The Balaban J connectivity index is 3.97. The third-order valence-electron chi connectivity index (χ3n) is 16.8. The highest BCUT2D eigenvalue weighted by molar-refractivity contribution is 7.45. The van der Waals surface area contributed by atoms with Gasteiger partial charge in [-0.25, -0.2) is 0 Å². The number of rotatable bonds is 70. The lowest BCUT2D eigenvalue weighted by Gasteiger charge is -2.28. The molecule has 2 atom stereocenters. The second-order valence-electron chi connectivity index (χ2n) is 26.6. The lowest BCUT2D eigenvalue weighted by atomic mass is 10.0. The summed E-state index contributed by atoms with van der Waals surface area (Å²) in [6.45, 7) is 4.19. The molecule has 0 radical (unpaired) electrons. The zero-order valence-electron chi connectivity index (χ0n) is 58.2. The van der Waals surface area contributed by atoms with Gasteiger partial charge in [-0.1, -0.05) is 357 Å². The van der Waals surface area contributed by atoms with Crippen molar-refractivity contribution in [3.8, 4) is 0 Å².